The fourth-order valence-corrected chi connectivity index (χ4v) is 2.51. The molecule has 1 rings (SSSR count). The second-order valence-corrected chi connectivity index (χ2v) is 5.03. The lowest BCUT2D eigenvalue weighted by Crippen LogP contribution is -2.16. The molecule has 116 valence electrons. The van der Waals surface area contributed by atoms with Crippen LogP contribution in [-0.4, -0.2) is 29.5 Å². The zero-order valence-electron chi connectivity index (χ0n) is 13.7. The summed E-state index contributed by atoms with van der Waals surface area (Å²) in [7, 11) is 0. The molecular weight excluding hydrogens is 250 g/mol. The standard InChI is InChI=1S/C16H31N3O/c1-5-10-17-13-14-15(6-2)18-19(16(14)7-3)11-9-12-20-8-4/h17H,5-13H2,1-4H3. The summed E-state index contributed by atoms with van der Waals surface area (Å²) in [6.45, 7) is 13.3. The summed E-state index contributed by atoms with van der Waals surface area (Å²) in [6.07, 6.45) is 4.26. The van der Waals surface area contributed by atoms with E-state index in [0.717, 1.165) is 52.1 Å². The van der Waals surface area contributed by atoms with Gasteiger partial charge in [-0.25, -0.2) is 0 Å². The average molecular weight is 281 g/mol. The van der Waals surface area contributed by atoms with Gasteiger partial charge in [-0.3, -0.25) is 4.68 Å². The summed E-state index contributed by atoms with van der Waals surface area (Å²) in [6, 6.07) is 0. The van der Waals surface area contributed by atoms with E-state index in [1.165, 1.54) is 23.4 Å². The van der Waals surface area contributed by atoms with Crippen molar-refractivity contribution in [2.24, 2.45) is 0 Å². The number of aryl methyl sites for hydroxylation is 2. The lowest BCUT2D eigenvalue weighted by molar-refractivity contribution is 0.140. The Balaban J connectivity index is 2.73. The van der Waals surface area contributed by atoms with Gasteiger partial charge < -0.3 is 10.1 Å². The monoisotopic (exact) mass is 281 g/mol. The molecule has 1 heterocycles. The SMILES string of the molecule is CCCNCc1c(CC)nn(CCCOCC)c1CC. The molecule has 0 aliphatic rings. The van der Waals surface area contributed by atoms with E-state index >= 15 is 0 Å². The molecule has 0 amide bonds. The van der Waals surface area contributed by atoms with Crippen LogP contribution in [0.4, 0.5) is 0 Å². The van der Waals surface area contributed by atoms with Crippen LogP contribution in [0, 0.1) is 0 Å². The highest BCUT2D eigenvalue weighted by atomic mass is 16.5. The topological polar surface area (TPSA) is 39.1 Å². The molecule has 0 unspecified atom stereocenters. The van der Waals surface area contributed by atoms with Crippen LogP contribution in [0.15, 0.2) is 0 Å². The summed E-state index contributed by atoms with van der Waals surface area (Å²) in [5, 5.41) is 8.31. The lowest BCUT2D eigenvalue weighted by Gasteiger charge is -2.09. The van der Waals surface area contributed by atoms with E-state index < -0.39 is 0 Å². The van der Waals surface area contributed by atoms with E-state index in [2.05, 4.69) is 30.8 Å². The second-order valence-electron chi connectivity index (χ2n) is 5.03. The van der Waals surface area contributed by atoms with Gasteiger partial charge in [0.2, 0.25) is 0 Å². The van der Waals surface area contributed by atoms with Gasteiger partial charge in [0.25, 0.3) is 0 Å². The molecule has 20 heavy (non-hydrogen) atoms. The molecule has 1 N–H and O–H groups in total. The minimum absolute atomic E-state index is 0.798. The Morgan fingerprint density at radius 2 is 1.95 bits per heavy atom. The van der Waals surface area contributed by atoms with Crippen molar-refractivity contribution in [3.05, 3.63) is 17.0 Å². The third kappa shape index (κ3) is 4.91. The molecule has 0 aromatic carbocycles. The zero-order chi connectivity index (χ0) is 14.8. The number of nitrogens with one attached hydrogen (secondary N) is 1. The van der Waals surface area contributed by atoms with Crippen molar-refractivity contribution in [1.82, 2.24) is 15.1 Å². The number of hydrogen-bond acceptors (Lipinski definition) is 3. The van der Waals surface area contributed by atoms with Crippen molar-refractivity contribution in [2.75, 3.05) is 19.8 Å². The molecule has 0 atom stereocenters. The first-order chi connectivity index (χ1) is 9.78. The van der Waals surface area contributed by atoms with Crippen LogP contribution in [0.3, 0.4) is 0 Å². The van der Waals surface area contributed by atoms with Gasteiger partial charge in [0.1, 0.15) is 0 Å². The molecule has 4 nitrogen and oxygen atoms in total. The number of ether oxygens (including phenoxy) is 1. The van der Waals surface area contributed by atoms with Crippen molar-refractivity contribution in [2.45, 2.75) is 66.5 Å². The van der Waals surface area contributed by atoms with Gasteiger partial charge in [0.05, 0.1) is 5.69 Å². The highest BCUT2D eigenvalue weighted by molar-refractivity contribution is 5.26. The maximum absolute atomic E-state index is 5.42. The maximum Gasteiger partial charge on any atom is 0.0669 e. The molecule has 0 aliphatic heterocycles. The second kappa shape index (κ2) is 9.94. The summed E-state index contributed by atoms with van der Waals surface area (Å²) < 4.78 is 7.61. The minimum atomic E-state index is 0.798. The Bertz CT molecular complexity index is 374. The van der Waals surface area contributed by atoms with Crippen molar-refractivity contribution in [3.63, 3.8) is 0 Å². The zero-order valence-corrected chi connectivity index (χ0v) is 13.7. The molecule has 1 aromatic heterocycles. The first-order valence-corrected chi connectivity index (χ1v) is 8.14. The van der Waals surface area contributed by atoms with E-state index in [-0.39, 0.29) is 0 Å². The predicted octanol–water partition coefficient (Wildman–Crippen LogP) is 2.93. The molecule has 0 bridgehead atoms. The van der Waals surface area contributed by atoms with Gasteiger partial charge >= 0.3 is 0 Å². The van der Waals surface area contributed by atoms with E-state index in [9.17, 15) is 0 Å². The molecule has 4 heteroatoms. The maximum atomic E-state index is 5.42. The van der Waals surface area contributed by atoms with Crippen molar-refractivity contribution in [1.29, 1.82) is 0 Å². The molecule has 0 saturated carbocycles. The number of hydrogen-bond donors (Lipinski definition) is 1. The van der Waals surface area contributed by atoms with Crippen LogP contribution in [0.2, 0.25) is 0 Å². The van der Waals surface area contributed by atoms with Crippen LogP contribution in [0.5, 0.6) is 0 Å². The quantitative estimate of drug-likeness (QED) is 0.634. The van der Waals surface area contributed by atoms with Crippen LogP contribution in [-0.2, 0) is 30.7 Å². The Morgan fingerprint density at radius 3 is 2.55 bits per heavy atom. The molecular formula is C16H31N3O. The number of aromatic nitrogens is 2. The number of nitrogens with zero attached hydrogens (tertiary/aromatic N) is 2. The van der Waals surface area contributed by atoms with Crippen LogP contribution < -0.4 is 5.32 Å². The Morgan fingerprint density at radius 1 is 1.15 bits per heavy atom. The molecule has 0 saturated heterocycles. The predicted molar refractivity (Wildman–Crippen MR) is 84.1 cm³/mol. The van der Waals surface area contributed by atoms with Gasteiger partial charge in [-0.05, 0) is 39.2 Å². The Labute approximate surface area is 123 Å². The van der Waals surface area contributed by atoms with Gasteiger partial charge in [0, 0.05) is 37.6 Å². The van der Waals surface area contributed by atoms with Crippen molar-refractivity contribution >= 4 is 0 Å². The summed E-state index contributed by atoms with van der Waals surface area (Å²) >= 11 is 0. The first kappa shape index (κ1) is 17.2. The largest absolute Gasteiger partial charge is 0.382 e. The molecule has 0 radical (unpaired) electrons. The normalized spacial score (nSPS) is 11.2. The smallest absolute Gasteiger partial charge is 0.0669 e. The Hall–Kier alpha value is -0.870. The van der Waals surface area contributed by atoms with Crippen molar-refractivity contribution in [3.8, 4) is 0 Å². The summed E-state index contributed by atoms with van der Waals surface area (Å²) in [5.41, 5.74) is 4.06. The van der Waals surface area contributed by atoms with Gasteiger partial charge in [-0.1, -0.05) is 20.8 Å². The van der Waals surface area contributed by atoms with Gasteiger partial charge in [-0.2, -0.15) is 5.10 Å². The summed E-state index contributed by atoms with van der Waals surface area (Å²) in [4.78, 5) is 0. The molecule has 0 aliphatic carbocycles. The van der Waals surface area contributed by atoms with Crippen LogP contribution >= 0.6 is 0 Å². The lowest BCUT2D eigenvalue weighted by atomic mass is 10.1. The third-order valence-electron chi connectivity index (χ3n) is 3.51. The minimum Gasteiger partial charge on any atom is -0.382 e. The fourth-order valence-electron chi connectivity index (χ4n) is 2.51. The number of rotatable bonds is 11. The van der Waals surface area contributed by atoms with Gasteiger partial charge in [0.15, 0.2) is 0 Å². The molecule has 1 aromatic rings. The van der Waals surface area contributed by atoms with Crippen LogP contribution in [0.1, 0.15) is 57.5 Å². The first-order valence-electron chi connectivity index (χ1n) is 8.14. The average Bonchev–Trinajstić information content (AvgIpc) is 2.81. The Kier molecular flexibility index (Phi) is 8.54. The summed E-state index contributed by atoms with van der Waals surface area (Å²) in [5.74, 6) is 0. The van der Waals surface area contributed by atoms with E-state index in [0.29, 0.717) is 0 Å². The van der Waals surface area contributed by atoms with E-state index in [4.69, 9.17) is 9.84 Å². The van der Waals surface area contributed by atoms with E-state index in [1.54, 1.807) is 0 Å². The highest BCUT2D eigenvalue weighted by Gasteiger charge is 2.14. The fraction of sp³-hybridized carbons (Fsp3) is 0.812. The van der Waals surface area contributed by atoms with E-state index in [1.807, 2.05) is 6.92 Å². The molecule has 0 spiro atoms. The van der Waals surface area contributed by atoms with Crippen LogP contribution in [0.25, 0.3) is 0 Å². The van der Waals surface area contributed by atoms with Gasteiger partial charge in [-0.15, -0.1) is 0 Å². The molecule has 0 fully saturated rings. The third-order valence-corrected chi connectivity index (χ3v) is 3.51. The highest BCUT2D eigenvalue weighted by Crippen LogP contribution is 2.16. The van der Waals surface area contributed by atoms with Crippen molar-refractivity contribution < 1.29 is 4.74 Å².